The molecule has 0 aliphatic heterocycles. The Labute approximate surface area is 280 Å². The summed E-state index contributed by atoms with van der Waals surface area (Å²) in [6.07, 6.45) is 5.26. The number of ether oxygens (including phenoxy) is 1. The number of aryl methyl sites for hydroxylation is 1. The van der Waals surface area contributed by atoms with Crippen molar-refractivity contribution in [2.45, 2.75) is 64.7 Å². The van der Waals surface area contributed by atoms with Crippen LogP contribution in [-0.4, -0.2) is 55.9 Å². The number of anilines is 2. The second-order valence-electron chi connectivity index (χ2n) is 11.4. The van der Waals surface area contributed by atoms with Gasteiger partial charge in [0.15, 0.2) is 5.12 Å². The van der Waals surface area contributed by atoms with Gasteiger partial charge in [-0.15, -0.1) is 0 Å². The molecule has 0 fully saturated rings. The van der Waals surface area contributed by atoms with Crippen LogP contribution in [0.3, 0.4) is 0 Å². The molecule has 2 aromatic carbocycles. The number of carbonyl (C=O) groups excluding carboxylic acids is 3. The van der Waals surface area contributed by atoms with Crippen molar-refractivity contribution in [1.82, 2.24) is 19.9 Å². The number of benzene rings is 2. The highest BCUT2D eigenvalue weighted by Crippen LogP contribution is 2.22. The Morgan fingerprint density at radius 2 is 1.79 bits per heavy atom. The summed E-state index contributed by atoms with van der Waals surface area (Å²) in [5, 5.41) is 14.2. The predicted octanol–water partition coefficient (Wildman–Crippen LogP) is 6.92. The molecule has 12 heteroatoms. The zero-order chi connectivity index (χ0) is 33.8. The molecule has 4 aromatic rings. The van der Waals surface area contributed by atoms with Crippen molar-refractivity contribution in [3.05, 3.63) is 83.8 Å². The first-order valence-corrected chi connectivity index (χ1v) is 16.8. The van der Waals surface area contributed by atoms with E-state index < -0.39 is 6.09 Å². The van der Waals surface area contributed by atoms with Gasteiger partial charge in [-0.1, -0.05) is 57.9 Å². The van der Waals surface area contributed by atoms with Gasteiger partial charge in [0, 0.05) is 48.3 Å². The van der Waals surface area contributed by atoms with Crippen LogP contribution in [0.2, 0.25) is 0 Å². The summed E-state index contributed by atoms with van der Waals surface area (Å²) in [4.78, 5) is 48.8. The Kier molecular flexibility index (Phi) is 12.9. The van der Waals surface area contributed by atoms with Crippen molar-refractivity contribution in [3.8, 4) is 0 Å². The third-order valence-electron chi connectivity index (χ3n) is 7.38. The van der Waals surface area contributed by atoms with Crippen molar-refractivity contribution >= 4 is 57.3 Å². The number of nitrogens with zero attached hydrogens (tertiary/aromatic N) is 4. The number of rotatable bonds is 15. The van der Waals surface area contributed by atoms with E-state index >= 15 is 0 Å². The fraction of sp³-hybridized carbons (Fsp3) is 0.371. The number of amidine groups is 1. The summed E-state index contributed by atoms with van der Waals surface area (Å²) >= 11 is 1.27. The average Bonchev–Trinajstić information content (AvgIpc) is 3.38. The zero-order valence-corrected chi connectivity index (χ0v) is 28.2. The maximum Gasteiger partial charge on any atom is 0.412 e. The molecule has 0 saturated carbocycles. The van der Waals surface area contributed by atoms with Crippen LogP contribution in [0, 0.1) is 5.41 Å². The molecule has 248 valence electrons. The van der Waals surface area contributed by atoms with Gasteiger partial charge < -0.3 is 14.6 Å². The number of aromatic nitrogens is 3. The molecule has 0 unspecified atom stereocenters. The summed E-state index contributed by atoms with van der Waals surface area (Å²) in [6, 6.07) is 17.9. The smallest absolute Gasteiger partial charge is 0.412 e. The van der Waals surface area contributed by atoms with Crippen LogP contribution in [0.4, 0.5) is 16.3 Å². The normalized spacial score (nSPS) is 11.0. The molecule has 0 bridgehead atoms. The van der Waals surface area contributed by atoms with Crippen molar-refractivity contribution in [2.24, 2.45) is 7.05 Å². The Hall–Kier alpha value is -4.71. The van der Waals surface area contributed by atoms with E-state index in [2.05, 4.69) is 22.5 Å². The topological polar surface area (TPSA) is 142 Å². The Bertz CT molecular complexity index is 1670. The molecule has 0 saturated heterocycles. The largest absolute Gasteiger partial charge is 0.449 e. The van der Waals surface area contributed by atoms with E-state index in [9.17, 15) is 14.4 Å². The number of hydrogen-bond donors (Lipinski definition) is 3. The highest BCUT2D eigenvalue weighted by atomic mass is 32.2. The van der Waals surface area contributed by atoms with E-state index in [1.807, 2.05) is 49.7 Å². The summed E-state index contributed by atoms with van der Waals surface area (Å²) in [5.74, 6) is 0.973. The van der Waals surface area contributed by atoms with Crippen LogP contribution >= 0.6 is 11.8 Å². The van der Waals surface area contributed by atoms with Gasteiger partial charge in [-0.3, -0.25) is 25.2 Å². The lowest BCUT2D eigenvalue weighted by Crippen LogP contribution is -2.33. The van der Waals surface area contributed by atoms with Gasteiger partial charge in [-0.2, -0.15) is 0 Å². The standard InChI is InChI=1S/C35H43N7O4S/c1-5-6-7-10-21-46-35(45)40-33(36)25-12-15-27(16-13-25)38-23-31-39-28-22-26(14-17-29(28)41(31)4)34(44)42(30-11-8-9-19-37-30)20-18-32(43)47-24(2)3/h8-9,11-17,19,22,24,38H,5-7,10,18,20-21,23H2,1-4H3,(H2,36,40,45). The second kappa shape index (κ2) is 17.3. The first kappa shape index (κ1) is 35.1. The predicted molar refractivity (Wildman–Crippen MR) is 188 cm³/mol. The molecule has 4 rings (SSSR count). The average molecular weight is 658 g/mol. The second-order valence-corrected chi connectivity index (χ2v) is 13.0. The number of hydrogen-bond acceptors (Lipinski definition) is 9. The number of carbonyl (C=O) groups is 3. The highest BCUT2D eigenvalue weighted by Gasteiger charge is 2.21. The Morgan fingerprint density at radius 1 is 1.02 bits per heavy atom. The minimum atomic E-state index is -0.624. The van der Waals surface area contributed by atoms with E-state index in [4.69, 9.17) is 15.1 Å². The molecular weight excluding hydrogens is 614 g/mol. The minimum Gasteiger partial charge on any atom is -0.449 e. The van der Waals surface area contributed by atoms with Gasteiger partial charge in [-0.05, 0) is 61.0 Å². The van der Waals surface area contributed by atoms with E-state index in [1.165, 1.54) is 11.8 Å². The van der Waals surface area contributed by atoms with Crippen molar-refractivity contribution in [2.75, 3.05) is 23.4 Å². The van der Waals surface area contributed by atoms with E-state index in [0.717, 1.165) is 42.7 Å². The Morgan fingerprint density at radius 3 is 2.49 bits per heavy atom. The number of unbranched alkanes of at least 4 members (excludes halogenated alkanes) is 3. The molecule has 3 N–H and O–H groups in total. The number of pyridine rings is 1. The molecule has 47 heavy (non-hydrogen) atoms. The number of alkyl carbamates (subject to hydrolysis) is 1. The molecule has 0 aliphatic rings. The molecule has 2 heterocycles. The van der Waals surface area contributed by atoms with Crippen LogP contribution in [0.25, 0.3) is 11.0 Å². The summed E-state index contributed by atoms with van der Waals surface area (Å²) < 4.78 is 7.13. The first-order chi connectivity index (χ1) is 22.7. The minimum absolute atomic E-state index is 0.0292. The SMILES string of the molecule is CCCCCCOC(=O)NC(=N)c1ccc(NCc2nc3cc(C(=O)N(CCC(=O)SC(C)C)c4ccccn4)ccc3n2C)cc1. The third kappa shape index (κ3) is 10.1. The fourth-order valence-corrected chi connectivity index (χ4v) is 5.63. The van der Waals surface area contributed by atoms with Crippen molar-refractivity contribution < 1.29 is 19.1 Å². The molecule has 0 atom stereocenters. The number of imidazole rings is 1. The monoisotopic (exact) mass is 657 g/mol. The van der Waals surface area contributed by atoms with E-state index in [0.29, 0.717) is 35.6 Å². The molecule has 0 radical (unpaired) electrons. The van der Waals surface area contributed by atoms with Gasteiger partial charge in [0.25, 0.3) is 5.91 Å². The summed E-state index contributed by atoms with van der Waals surface area (Å²) in [7, 11) is 1.92. The van der Waals surface area contributed by atoms with Crippen LogP contribution < -0.4 is 15.5 Å². The number of nitrogens with one attached hydrogen (secondary N) is 3. The van der Waals surface area contributed by atoms with Gasteiger partial charge in [0.1, 0.15) is 17.5 Å². The van der Waals surface area contributed by atoms with Gasteiger partial charge in [0.05, 0.1) is 24.2 Å². The molecular formula is C35H43N7O4S. The van der Waals surface area contributed by atoms with Gasteiger partial charge in [-0.25, -0.2) is 14.8 Å². The molecule has 2 aromatic heterocycles. The van der Waals surface area contributed by atoms with E-state index in [-0.39, 0.29) is 35.1 Å². The number of fused-ring (bicyclic) bond motifs is 1. The quantitative estimate of drug-likeness (QED) is 0.0711. The first-order valence-electron chi connectivity index (χ1n) is 15.9. The zero-order valence-electron chi connectivity index (χ0n) is 27.4. The molecule has 2 amide bonds. The lowest BCUT2D eigenvalue weighted by atomic mass is 10.1. The maximum atomic E-state index is 13.7. The van der Waals surface area contributed by atoms with Crippen molar-refractivity contribution in [3.63, 3.8) is 0 Å². The third-order valence-corrected chi connectivity index (χ3v) is 8.32. The van der Waals surface area contributed by atoms with Crippen LogP contribution in [0.1, 0.15) is 74.6 Å². The van der Waals surface area contributed by atoms with Gasteiger partial charge >= 0.3 is 6.09 Å². The number of thioether (sulfide) groups is 1. The summed E-state index contributed by atoms with van der Waals surface area (Å²) in [5.41, 5.74) is 3.38. The summed E-state index contributed by atoms with van der Waals surface area (Å²) in [6.45, 7) is 7.04. The lowest BCUT2D eigenvalue weighted by Gasteiger charge is -2.21. The molecule has 0 aliphatic carbocycles. The number of amides is 2. The van der Waals surface area contributed by atoms with Crippen LogP contribution in [0.5, 0.6) is 0 Å². The molecule has 0 spiro atoms. The van der Waals surface area contributed by atoms with Crippen LogP contribution in [-0.2, 0) is 23.1 Å². The van der Waals surface area contributed by atoms with Gasteiger partial charge in [0.2, 0.25) is 0 Å². The Balaban J connectivity index is 1.38. The van der Waals surface area contributed by atoms with E-state index in [1.54, 1.807) is 47.5 Å². The maximum absolute atomic E-state index is 13.7. The van der Waals surface area contributed by atoms with Crippen LogP contribution in [0.15, 0.2) is 66.9 Å². The lowest BCUT2D eigenvalue weighted by molar-refractivity contribution is -0.110. The molecule has 11 nitrogen and oxygen atoms in total. The fourth-order valence-electron chi connectivity index (χ4n) is 4.90. The van der Waals surface area contributed by atoms with Crippen molar-refractivity contribution in [1.29, 1.82) is 5.41 Å². The highest BCUT2D eigenvalue weighted by molar-refractivity contribution is 8.14.